The summed E-state index contributed by atoms with van der Waals surface area (Å²) in [6, 6.07) is -0.0524. The van der Waals surface area contributed by atoms with Crippen molar-refractivity contribution in [2.24, 2.45) is 11.8 Å². The van der Waals surface area contributed by atoms with Crippen LogP contribution in [0.15, 0.2) is 24.2 Å². The Labute approximate surface area is 199 Å². The zero-order valence-corrected chi connectivity index (χ0v) is 20.9. The Bertz CT molecular complexity index is 715. The number of nitrogens with zero attached hydrogens (tertiary/aromatic N) is 3. The standard InChI is InChI=1S/C25H44N4O4/c1-5-7-14-21(6-2)25(4,27-17-23(26-18-27)29(31)32)19(3)28-16-11-15-22(33-24(28)30)20-12-9-8-10-13-20/h8-9,17,19-22,24,26,30H,5-7,10-16,18H2,1-4H3/t19?,20?,21-,22+,24?,25+/m0/s1. The predicted molar refractivity (Wildman–Crippen MR) is 129 cm³/mol. The van der Waals surface area contributed by atoms with Crippen LogP contribution in [0.1, 0.15) is 85.5 Å². The molecule has 3 rings (SSSR count). The van der Waals surface area contributed by atoms with Crippen LogP contribution >= 0.6 is 0 Å². The summed E-state index contributed by atoms with van der Waals surface area (Å²) >= 11 is 0. The monoisotopic (exact) mass is 464 g/mol. The highest BCUT2D eigenvalue weighted by Crippen LogP contribution is 2.40. The number of allylic oxidation sites excluding steroid dienone is 2. The molecule has 0 bridgehead atoms. The molecule has 8 heteroatoms. The highest BCUT2D eigenvalue weighted by Gasteiger charge is 2.49. The van der Waals surface area contributed by atoms with Crippen LogP contribution in [0.3, 0.4) is 0 Å². The van der Waals surface area contributed by atoms with E-state index in [1.807, 2.05) is 0 Å². The molecule has 6 atom stereocenters. The van der Waals surface area contributed by atoms with Crippen LogP contribution in [-0.2, 0) is 4.74 Å². The Hall–Kier alpha value is -1.64. The second kappa shape index (κ2) is 11.7. The molecule has 0 radical (unpaired) electrons. The van der Waals surface area contributed by atoms with E-state index in [1.165, 1.54) is 0 Å². The first-order chi connectivity index (χ1) is 15.8. The Morgan fingerprint density at radius 3 is 2.76 bits per heavy atom. The van der Waals surface area contributed by atoms with Crippen molar-refractivity contribution in [2.75, 3.05) is 13.2 Å². The summed E-state index contributed by atoms with van der Waals surface area (Å²) in [5, 5.41) is 25.6. The zero-order valence-electron chi connectivity index (χ0n) is 20.9. The average Bonchev–Trinajstić information content (AvgIpc) is 3.25. The van der Waals surface area contributed by atoms with Crippen molar-refractivity contribution in [3.05, 3.63) is 34.3 Å². The fourth-order valence-electron chi connectivity index (χ4n) is 6.11. The van der Waals surface area contributed by atoms with Crippen molar-refractivity contribution in [3.63, 3.8) is 0 Å². The molecule has 2 aliphatic heterocycles. The van der Waals surface area contributed by atoms with E-state index in [1.54, 1.807) is 6.20 Å². The minimum Gasteiger partial charge on any atom is -0.358 e. The van der Waals surface area contributed by atoms with E-state index in [0.29, 0.717) is 18.5 Å². The SMILES string of the molecule is CCCC[C@H](CC)[C@@](C)(C(C)N1CCC[C@H](C2CC=CCC2)OC1O)N1C=C([N+](=O)[O-])NC1. The lowest BCUT2D eigenvalue weighted by atomic mass is 9.74. The average molecular weight is 465 g/mol. The lowest BCUT2D eigenvalue weighted by Gasteiger charge is -2.51. The van der Waals surface area contributed by atoms with Crippen LogP contribution < -0.4 is 5.32 Å². The van der Waals surface area contributed by atoms with Gasteiger partial charge < -0.3 is 24.9 Å². The Balaban J connectivity index is 1.84. The van der Waals surface area contributed by atoms with Crippen LogP contribution in [-0.4, -0.2) is 57.1 Å². The second-order valence-corrected chi connectivity index (χ2v) is 10.2. The number of ether oxygens (including phenoxy) is 1. The molecule has 33 heavy (non-hydrogen) atoms. The number of aliphatic hydroxyl groups is 1. The summed E-state index contributed by atoms with van der Waals surface area (Å²) in [4.78, 5) is 15.2. The molecule has 0 spiro atoms. The highest BCUT2D eigenvalue weighted by atomic mass is 16.6. The van der Waals surface area contributed by atoms with E-state index in [4.69, 9.17) is 4.74 Å². The van der Waals surface area contributed by atoms with E-state index >= 15 is 0 Å². The first kappa shape index (κ1) is 26.0. The lowest BCUT2D eigenvalue weighted by molar-refractivity contribution is -0.430. The maximum Gasteiger partial charge on any atom is 0.333 e. The largest absolute Gasteiger partial charge is 0.358 e. The van der Waals surface area contributed by atoms with Gasteiger partial charge in [0.1, 0.15) is 0 Å². The number of nitrogens with one attached hydrogen (secondary N) is 1. The smallest absolute Gasteiger partial charge is 0.333 e. The molecule has 0 amide bonds. The van der Waals surface area contributed by atoms with E-state index in [2.05, 4.69) is 55.0 Å². The van der Waals surface area contributed by atoms with Crippen molar-refractivity contribution in [1.29, 1.82) is 0 Å². The molecule has 1 aliphatic carbocycles. The molecule has 0 aromatic carbocycles. The van der Waals surface area contributed by atoms with Crippen molar-refractivity contribution < 1.29 is 14.8 Å². The fourth-order valence-corrected chi connectivity index (χ4v) is 6.11. The van der Waals surface area contributed by atoms with Gasteiger partial charge in [-0.25, -0.2) is 0 Å². The molecule has 8 nitrogen and oxygen atoms in total. The van der Waals surface area contributed by atoms with Gasteiger partial charge in [0.25, 0.3) is 0 Å². The van der Waals surface area contributed by atoms with Gasteiger partial charge in [0.05, 0.1) is 17.8 Å². The number of unbranched alkanes of at least 4 members (excludes halogenated alkanes) is 1. The van der Waals surface area contributed by atoms with E-state index in [-0.39, 0.29) is 22.9 Å². The quantitative estimate of drug-likeness (QED) is 0.281. The number of nitro groups is 1. The molecule has 3 aliphatic rings. The van der Waals surface area contributed by atoms with Crippen LogP contribution in [0.4, 0.5) is 0 Å². The summed E-state index contributed by atoms with van der Waals surface area (Å²) < 4.78 is 6.29. The third-order valence-corrected chi connectivity index (χ3v) is 8.41. The molecule has 2 heterocycles. The van der Waals surface area contributed by atoms with Crippen LogP contribution in [0.25, 0.3) is 0 Å². The van der Waals surface area contributed by atoms with Gasteiger partial charge >= 0.3 is 5.82 Å². The normalized spacial score (nSPS) is 30.2. The topological polar surface area (TPSA) is 91.1 Å². The lowest BCUT2D eigenvalue weighted by Crippen LogP contribution is -2.63. The molecule has 1 fully saturated rings. The van der Waals surface area contributed by atoms with Gasteiger partial charge in [-0.05, 0) is 69.1 Å². The van der Waals surface area contributed by atoms with Gasteiger partial charge in [-0.15, -0.1) is 0 Å². The summed E-state index contributed by atoms with van der Waals surface area (Å²) in [5.41, 5.74) is -0.396. The third kappa shape index (κ3) is 5.72. The maximum atomic E-state index is 11.4. The van der Waals surface area contributed by atoms with Crippen LogP contribution in [0.2, 0.25) is 0 Å². The zero-order chi connectivity index (χ0) is 24.0. The summed E-state index contributed by atoms with van der Waals surface area (Å²) in [7, 11) is 0. The minimum atomic E-state index is -0.962. The molecule has 188 valence electrons. The van der Waals surface area contributed by atoms with E-state index in [9.17, 15) is 15.2 Å². The van der Waals surface area contributed by atoms with Gasteiger partial charge in [-0.1, -0.05) is 45.3 Å². The Kier molecular flexibility index (Phi) is 9.18. The molecular weight excluding hydrogens is 420 g/mol. The number of rotatable bonds is 10. The molecule has 2 N–H and O–H groups in total. The van der Waals surface area contributed by atoms with Gasteiger partial charge in [0.2, 0.25) is 6.41 Å². The highest BCUT2D eigenvalue weighted by molar-refractivity contribution is 5.09. The van der Waals surface area contributed by atoms with Gasteiger partial charge in [0.15, 0.2) is 6.67 Å². The Morgan fingerprint density at radius 2 is 2.15 bits per heavy atom. The summed E-state index contributed by atoms with van der Waals surface area (Å²) in [5.74, 6) is 0.829. The summed E-state index contributed by atoms with van der Waals surface area (Å²) in [6.07, 6.45) is 14.7. The second-order valence-electron chi connectivity index (χ2n) is 10.2. The molecule has 0 saturated carbocycles. The van der Waals surface area contributed by atoms with Crippen LogP contribution in [0, 0.1) is 22.0 Å². The summed E-state index contributed by atoms with van der Waals surface area (Å²) in [6.45, 7) is 9.93. The van der Waals surface area contributed by atoms with E-state index in [0.717, 1.165) is 64.3 Å². The molecule has 3 unspecified atom stereocenters. The van der Waals surface area contributed by atoms with Crippen molar-refractivity contribution in [2.45, 2.75) is 110 Å². The van der Waals surface area contributed by atoms with Gasteiger partial charge in [0, 0.05) is 12.6 Å². The van der Waals surface area contributed by atoms with Crippen molar-refractivity contribution in [3.8, 4) is 0 Å². The van der Waals surface area contributed by atoms with Crippen molar-refractivity contribution >= 4 is 0 Å². The predicted octanol–water partition coefficient (Wildman–Crippen LogP) is 4.40. The van der Waals surface area contributed by atoms with Crippen LogP contribution in [0.5, 0.6) is 0 Å². The molecule has 0 aromatic rings. The number of hydrogen-bond donors (Lipinski definition) is 2. The third-order valence-electron chi connectivity index (χ3n) is 8.41. The Morgan fingerprint density at radius 1 is 1.36 bits per heavy atom. The van der Waals surface area contributed by atoms with Crippen molar-refractivity contribution in [1.82, 2.24) is 15.1 Å². The molecule has 1 saturated heterocycles. The maximum absolute atomic E-state index is 11.4. The first-order valence-corrected chi connectivity index (χ1v) is 12.9. The molecular formula is C25H44N4O4. The minimum absolute atomic E-state index is 0.0388. The number of hydrogen-bond acceptors (Lipinski definition) is 7. The number of aliphatic hydroxyl groups excluding tert-OH is 1. The molecule has 0 aromatic heterocycles. The van der Waals surface area contributed by atoms with E-state index < -0.39 is 12.0 Å². The first-order valence-electron chi connectivity index (χ1n) is 12.9. The fraction of sp³-hybridized carbons (Fsp3) is 0.840. The van der Waals surface area contributed by atoms with Gasteiger partial charge in [-0.3, -0.25) is 10.2 Å². The van der Waals surface area contributed by atoms with Gasteiger partial charge in [-0.2, -0.15) is 0 Å².